The maximum Gasteiger partial charge on any atom is 0.472 e. The molecule has 9 heteroatoms. The van der Waals surface area contributed by atoms with Crippen LogP contribution in [-0.2, 0) is 27.9 Å². The molecular formula is C43H77NO7P+. The molecule has 2 atom stereocenters. The molecule has 0 radical (unpaired) electrons. The number of rotatable bonds is 36. The smallest absolute Gasteiger partial charge is 0.457 e. The zero-order valence-electron chi connectivity index (χ0n) is 33.8. The zero-order valence-corrected chi connectivity index (χ0v) is 34.7. The lowest BCUT2D eigenvalue weighted by Gasteiger charge is -2.24. The molecule has 0 amide bonds. The Balaban J connectivity index is 4.40. The first-order valence-corrected chi connectivity index (χ1v) is 21.7. The normalized spacial score (nSPS) is 14.7. The minimum absolute atomic E-state index is 0.0701. The highest BCUT2D eigenvalue weighted by Crippen LogP contribution is 2.43. The zero-order chi connectivity index (χ0) is 38.4. The summed E-state index contributed by atoms with van der Waals surface area (Å²) in [6, 6.07) is 0. The standard InChI is InChI=1S/C43H76NO7P/c1-6-8-10-12-14-16-18-20-21-22-23-25-27-29-31-33-35-38-48-40-42(41-50-52(46,47)49-39-37-44(3,4)5)51-43(45)36-34-32-30-28-26-24-19-17-15-13-11-9-7-2/h9,11,15-18,21-22,24,26,30,32,42H,6-8,10,12-14,19-20,23,25,27-29,31,33-41H2,1-5H3/p+1/b11-9-,17-15-,18-16-,22-21-,26-24-,32-30-. The van der Waals surface area contributed by atoms with Gasteiger partial charge in [-0.05, 0) is 70.6 Å². The molecule has 300 valence electrons. The third kappa shape index (κ3) is 39.2. The van der Waals surface area contributed by atoms with Gasteiger partial charge in [0.25, 0.3) is 0 Å². The van der Waals surface area contributed by atoms with Gasteiger partial charge in [-0.2, -0.15) is 0 Å². The molecule has 1 N–H and O–H groups in total. The third-order valence-corrected chi connectivity index (χ3v) is 9.00. The first kappa shape index (κ1) is 49.9. The SMILES string of the molecule is CC/C=C\C/C=C\C/C=C\C/C=C\CCC(=O)OC(COCCCCCCCC/C=C\C/C=C\CCCCCC)COP(=O)(O)OCC[N+](C)(C)C. The number of phosphoric acid groups is 1. The van der Waals surface area contributed by atoms with Gasteiger partial charge >= 0.3 is 13.8 Å². The van der Waals surface area contributed by atoms with Gasteiger partial charge in [-0.25, -0.2) is 4.57 Å². The molecule has 0 aliphatic heterocycles. The molecule has 0 spiro atoms. The Morgan fingerprint density at radius 2 is 1.12 bits per heavy atom. The second-order valence-corrected chi connectivity index (χ2v) is 15.7. The lowest BCUT2D eigenvalue weighted by Crippen LogP contribution is -2.37. The fourth-order valence-electron chi connectivity index (χ4n) is 4.89. The number of unbranched alkanes of at least 4 members (excludes halogenated alkanes) is 10. The fourth-order valence-corrected chi connectivity index (χ4v) is 5.63. The van der Waals surface area contributed by atoms with Gasteiger partial charge in [-0.3, -0.25) is 13.8 Å². The first-order valence-electron chi connectivity index (χ1n) is 20.2. The monoisotopic (exact) mass is 751 g/mol. The largest absolute Gasteiger partial charge is 0.472 e. The fraction of sp³-hybridized carbons (Fsp3) is 0.698. The summed E-state index contributed by atoms with van der Waals surface area (Å²) in [4.78, 5) is 22.8. The van der Waals surface area contributed by atoms with Crippen molar-refractivity contribution in [3.8, 4) is 0 Å². The number of hydrogen-bond acceptors (Lipinski definition) is 6. The molecule has 0 aliphatic rings. The average molecular weight is 751 g/mol. The van der Waals surface area contributed by atoms with Gasteiger partial charge in [0.2, 0.25) is 0 Å². The topological polar surface area (TPSA) is 91.3 Å². The lowest BCUT2D eigenvalue weighted by molar-refractivity contribution is -0.870. The number of quaternary nitrogens is 1. The highest BCUT2D eigenvalue weighted by molar-refractivity contribution is 7.47. The second-order valence-electron chi connectivity index (χ2n) is 14.3. The minimum atomic E-state index is -4.30. The molecule has 0 aliphatic carbocycles. The number of carbonyl (C=O) groups is 1. The summed E-state index contributed by atoms with van der Waals surface area (Å²) in [6.07, 6.45) is 45.2. The Morgan fingerprint density at radius 1 is 0.615 bits per heavy atom. The van der Waals surface area contributed by atoms with E-state index in [-0.39, 0.29) is 26.2 Å². The molecule has 0 fully saturated rings. The summed E-state index contributed by atoms with van der Waals surface area (Å²) in [7, 11) is 1.60. The van der Waals surface area contributed by atoms with Crippen LogP contribution in [0.1, 0.15) is 136 Å². The molecule has 0 saturated carbocycles. The number of phosphoric ester groups is 1. The van der Waals surface area contributed by atoms with Crippen molar-refractivity contribution in [2.45, 2.75) is 142 Å². The van der Waals surface area contributed by atoms with Crippen molar-refractivity contribution in [3.05, 3.63) is 72.9 Å². The summed E-state index contributed by atoms with van der Waals surface area (Å²) < 4.78 is 34.8. The number of allylic oxidation sites excluding steroid dienone is 12. The minimum Gasteiger partial charge on any atom is -0.457 e. The average Bonchev–Trinajstić information content (AvgIpc) is 3.09. The van der Waals surface area contributed by atoms with Crippen molar-refractivity contribution in [2.24, 2.45) is 0 Å². The van der Waals surface area contributed by atoms with Gasteiger partial charge in [-0.15, -0.1) is 0 Å². The molecule has 2 unspecified atom stereocenters. The Bertz CT molecular complexity index is 1060. The van der Waals surface area contributed by atoms with Gasteiger partial charge < -0.3 is 18.9 Å². The molecule has 0 bridgehead atoms. The van der Waals surface area contributed by atoms with Crippen molar-refractivity contribution < 1.29 is 37.3 Å². The van der Waals surface area contributed by atoms with E-state index in [1.165, 1.54) is 51.4 Å². The number of hydrogen-bond donors (Lipinski definition) is 1. The summed E-state index contributed by atoms with van der Waals surface area (Å²) in [5, 5.41) is 0. The van der Waals surface area contributed by atoms with Crippen molar-refractivity contribution >= 4 is 13.8 Å². The van der Waals surface area contributed by atoms with Crippen LogP contribution < -0.4 is 0 Å². The molecule has 0 saturated heterocycles. The number of carbonyl (C=O) groups excluding carboxylic acids is 1. The van der Waals surface area contributed by atoms with Gasteiger partial charge in [0.05, 0.1) is 34.4 Å². The summed E-state index contributed by atoms with van der Waals surface area (Å²) in [5.41, 5.74) is 0. The van der Waals surface area contributed by atoms with E-state index in [1.807, 2.05) is 33.3 Å². The van der Waals surface area contributed by atoms with Crippen molar-refractivity contribution in [3.63, 3.8) is 0 Å². The van der Waals surface area contributed by atoms with Gasteiger partial charge in [0.15, 0.2) is 0 Å². The van der Waals surface area contributed by atoms with Crippen molar-refractivity contribution in [1.29, 1.82) is 0 Å². The van der Waals surface area contributed by atoms with Gasteiger partial charge in [0.1, 0.15) is 19.3 Å². The molecule has 0 aromatic rings. The van der Waals surface area contributed by atoms with E-state index < -0.39 is 19.9 Å². The summed E-state index contributed by atoms with van der Waals surface area (Å²) in [6.45, 7) is 5.33. The van der Waals surface area contributed by atoms with Crippen LogP contribution in [0.25, 0.3) is 0 Å². The Morgan fingerprint density at radius 3 is 1.67 bits per heavy atom. The van der Waals surface area contributed by atoms with Crippen LogP contribution in [0.3, 0.4) is 0 Å². The third-order valence-electron chi connectivity index (χ3n) is 8.02. The van der Waals surface area contributed by atoms with Gasteiger partial charge in [-0.1, -0.05) is 132 Å². The van der Waals surface area contributed by atoms with E-state index in [1.54, 1.807) is 0 Å². The van der Waals surface area contributed by atoms with Crippen LogP contribution >= 0.6 is 7.82 Å². The highest BCUT2D eigenvalue weighted by Gasteiger charge is 2.26. The molecule has 0 aromatic heterocycles. The van der Waals surface area contributed by atoms with E-state index in [4.69, 9.17) is 18.5 Å². The molecule has 8 nitrogen and oxygen atoms in total. The predicted molar refractivity (Wildman–Crippen MR) is 219 cm³/mol. The van der Waals surface area contributed by atoms with Crippen molar-refractivity contribution in [2.75, 3.05) is 54.1 Å². The van der Waals surface area contributed by atoms with E-state index in [9.17, 15) is 14.3 Å². The lowest BCUT2D eigenvalue weighted by atomic mass is 10.1. The molecule has 0 rings (SSSR count). The van der Waals surface area contributed by atoms with Crippen LogP contribution in [0, 0.1) is 0 Å². The quantitative estimate of drug-likeness (QED) is 0.0224. The maximum absolute atomic E-state index is 12.6. The summed E-state index contributed by atoms with van der Waals surface area (Å²) in [5.74, 6) is -0.400. The first-order chi connectivity index (χ1) is 25.1. The molecular weight excluding hydrogens is 673 g/mol. The Kier molecular flexibility index (Phi) is 34.5. The molecule has 52 heavy (non-hydrogen) atoms. The number of esters is 1. The van der Waals surface area contributed by atoms with Crippen LogP contribution in [0.5, 0.6) is 0 Å². The van der Waals surface area contributed by atoms with Crippen molar-refractivity contribution in [1.82, 2.24) is 0 Å². The Hall–Kier alpha value is -2.06. The van der Waals surface area contributed by atoms with Crippen LogP contribution in [0.4, 0.5) is 0 Å². The molecule has 0 aromatic carbocycles. The van der Waals surface area contributed by atoms with E-state index >= 15 is 0 Å². The number of nitrogens with zero attached hydrogens (tertiary/aromatic N) is 1. The highest BCUT2D eigenvalue weighted by atomic mass is 31.2. The predicted octanol–water partition coefficient (Wildman–Crippen LogP) is 11.5. The molecule has 0 heterocycles. The van der Waals surface area contributed by atoms with Crippen LogP contribution in [0.15, 0.2) is 72.9 Å². The van der Waals surface area contributed by atoms with Gasteiger partial charge in [0, 0.05) is 13.0 Å². The maximum atomic E-state index is 12.6. The van der Waals surface area contributed by atoms with E-state index in [0.717, 1.165) is 57.8 Å². The number of likely N-dealkylation sites (N-methyl/N-ethyl adjacent to an activating group) is 1. The number of ether oxygens (including phenoxy) is 2. The Labute approximate surface area is 319 Å². The van der Waals surface area contributed by atoms with Crippen LogP contribution in [0.2, 0.25) is 0 Å². The second kappa shape index (κ2) is 35.9. The summed E-state index contributed by atoms with van der Waals surface area (Å²) >= 11 is 0. The van der Waals surface area contributed by atoms with E-state index in [0.29, 0.717) is 24.1 Å². The van der Waals surface area contributed by atoms with Crippen LogP contribution in [-0.4, -0.2) is 75.6 Å². The van der Waals surface area contributed by atoms with E-state index in [2.05, 4.69) is 74.6 Å².